The Hall–Kier alpha value is -3.80. The SMILES string of the molecule is COCCN(C(=O)c1ccc(-n2cnnn2)c(C)c1)c1c(N)n(CC(C)C)c(=O)[nH]c1=O. The van der Waals surface area contributed by atoms with E-state index < -0.39 is 17.2 Å². The van der Waals surface area contributed by atoms with E-state index in [1.165, 1.54) is 27.6 Å². The zero-order valence-electron chi connectivity index (χ0n) is 18.4. The molecule has 1 amide bonds. The second-order valence-electron chi connectivity index (χ2n) is 7.70. The van der Waals surface area contributed by atoms with Gasteiger partial charge in [0.15, 0.2) is 5.69 Å². The number of tetrazole rings is 1. The summed E-state index contributed by atoms with van der Waals surface area (Å²) in [6.45, 7) is 6.17. The maximum atomic E-state index is 13.5. The second kappa shape index (κ2) is 9.56. The summed E-state index contributed by atoms with van der Waals surface area (Å²) in [5.41, 5.74) is 6.56. The lowest BCUT2D eigenvalue weighted by molar-refractivity contribution is 0.0975. The average Bonchev–Trinajstić information content (AvgIpc) is 3.27. The lowest BCUT2D eigenvalue weighted by atomic mass is 10.1. The van der Waals surface area contributed by atoms with Crippen molar-refractivity contribution in [3.05, 3.63) is 56.5 Å². The first-order chi connectivity index (χ1) is 15.2. The summed E-state index contributed by atoms with van der Waals surface area (Å²) in [6, 6.07) is 5.00. The number of nitrogens with two attached hydrogens (primary N) is 1. The fraction of sp³-hybridized carbons (Fsp3) is 0.400. The van der Waals surface area contributed by atoms with Crippen LogP contribution in [0.15, 0.2) is 34.1 Å². The van der Waals surface area contributed by atoms with Crippen LogP contribution in [0.3, 0.4) is 0 Å². The number of rotatable bonds is 8. The zero-order valence-corrected chi connectivity index (χ0v) is 18.4. The normalized spacial score (nSPS) is 11.2. The summed E-state index contributed by atoms with van der Waals surface area (Å²) in [5.74, 6) is -0.433. The van der Waals surface area contributed by atoms with E-state index in [2.05, 4.69) is 20.5 Å². The first kappa shape index (κ1) is 22.9. The highest BCUT2D eigenvalue weighted by Gasteiger charge is 2.26. The molecule has 2 heterocycles. The molecule has 0 saturated carbocycles. The number of benzene rings is 1. The molecule has 32 heavy (non-hydrogen) atoms. The number of ether oxygens (including phenoxy) is 1. The van der Waals surface area contributed by atoms with Gasteiger partial charge in [-0.2, -0.15) is 0 Å². The van der Waals surface area contributed by atoms with E-state index in [1.807, 2.05) is 20.8 Å². The number of nitrogens with one attached hydrogen (secondary N) is 1. The van der Waals surface area contributed by atoms with Crippen molar-refractivity contribution in [2.45, 2.75) is 27.3 Å². The quantitative estimate of drug-likeness (QED) is 0.507. The Balaban J connectivity index is 2.08. The van der Waals surface area contributed by atoms with E-state index in [4.69, 9.17) is 10.5 Å². The standard InChI is InChI=1S/C20H26N8O4/c1-12(2)10-27-17(21)16(18(29)23-20(27)31)26(7-8-32-4)19(30)14-5-6-15(13(3)9-14)28-11-22-24-25-28/h5-6,9,11-12H,7-8,10,21H2,1-4H3,(H,23,29,31). The van der Waals surface area contributed by atoms with E-state index in [1.54, 1.807) is 18.2 Å². The van der Waals surface area contributed by atoms with Gasteiger partial charge in [0.2, 0.25) is 0 Å². The van der Waals surface area contributed by atoms with Gasteiger partial charge in [0.25, 0.3) is 11.5 Å². The zero-order chi connectivity index (χ0) is 23.4. The summed E-state index contributed by atoms with van der Waals surface area (Å²) >= 11 is 0. The number of carbonyl (C=O) groups excluding carboxylic acids is 1. The van der Waals surface area contributed by atoms with E-state index >= 15 is 0 Å². The van der Waals surface area contributed by atoms with Crippen molar-refractivity contribution in [3.63, 3.8) is 0 Å². The van der Waals surface area contributed by atoms with Gasteiger partial charge in [0, 0.05) is 25.8 Å². The third-order valence-electron chi connectivity index (χ3n) is 4.84. The molecule has 0 radical (unpaired) electrons. The fourth-order valence-corrected chi connectivity index (χ4v) is 3.36. The van der Waals surface area contributed by atoms with Gasteiger partial charge < -0.3 is 10.5 Å². The molecule has 170 valence electrons. The number of hydrogen-bond acceptors (Lipinski definition) is 8. The van der Waals surface area contributed by atoms with Gasteiger partial charge in [-0.3, -0.25) is 24.0 Å². The number of anilines is 2. The van der Waals surface area contributed by atoms with Gasteiger partial charge in [-0.1, -0.05) is 13.8 Å². The summed E-state index contributed by atoms with van der Waals surface area (Å²) in [4.78, 5) is 42.0. The lowest BCUT2D eigenvalue weighted by Crippen LogP contribution is -2.43. The lowest BCUT2D eigenvalue weighted by Gasteiger charge is -2.25. The molecule has 0 atom stereocenters. The van der Waals surface area contributed by atoms with Crippen LogP contribution in [0.2, 0.25) is 0 Å². The molecule has 3 aromatic rings. The van der Waals surface area contributed by atoms with Crippen LogP contribution in [-0.4, -0.2) is 55.9 Å². The maximum absolute atomic E-state index is 13.5. The molecule has 0 aliphatic heterocycles. The van der Waals surface area contributed by atoms with E-state index in [-0.39, 0.29) is 30.6 Å². The van der Waals surface area contributed by atoms with E-state index in [9.17, 15) is 14.4 Å². The number of aryl methyl sites for hydroxylation is 1. The molecule has 3 rings (SSSR count). The van der Waals surface area contributed by atoms with Crippen LogP contribution in [0.5, 0.6) is 0 Å². The monoisotopic (exact) mass is 442 g/mol. The Labute approximate surface area is 183 Å². The third-order valence-corrected chi connectivity index (χ3v) is 4.84. The van der Waals surface area contributed by atoms with Crippen LogP contribution in [0.1, 0.15) is 29.8 Å². The highest BCUT2D eigenvalue weighted by Crippen LogP contribution is 2.22. The Morgan fingerprint density at radius 2 is 2.06 bits per heavy atom. The first-order valence-electron chi connectivity index (χ1n) is 10.0. The minimum absolute atomic E-state index is 0.0658. The summed E-state index contributed by atoms with van der Waals surface area (Å²) in [6.07, 6.45) is 1.45. The minimum Gasteiger partial charge on any atom is -0.383 e. The van der Waals surface area contributed by atoms with Crippen LogP contribution in [-0.2, 0) is 11.3 Å². The molecular weight excluding hydrogens is 416 g/mol. The highest BCUT2D eigenvalue weighted by atomic mass is 16.5. The number of aromatic amines is 1. The van der Waals surface area contributed by atoms with Crippen molar-refractivity contribution in [3.8, 4) is 5.69 Å². The largest absolute Gasteiger partial charge is 0.383 e. The second-order valence-corrected chi connectivity index (χ2v) is 7.70. The summed E-state index contributed by atoms with van der Waals surface area (Å²) in [7, 11) is 1.49. The van der Waals surface area contributed by atoms with Crippen LogP contribution >= 0.6 is 0 Å². The molecule has 0 bridgehead atoms. The maximum Gasteiger partial charge on any atom is 0.330 e. The molecule has 12 heteroatoms. The predicted octanol–water partition coefficient (Wildman–Crippen LogP) is 0.352. The Kier molecular flexibility index (Phi) is 6.83. The average molecular weight is 442 g/mol. The van der Waals surface area contributed by atoms with Crippen LogP contribution < -0.4 is 21.9 Å². The van der Waals surface area contributed by atoms with Crippen molar-refractivity contribution >= 4 is 17.4 Å². The topological polar surface area (TPSA) is 154 Å². The van der Waals surface area contributed by atoms with E-state index in [0.29, 0.717) is 17.8 Å². The Morgan fingerprint density at radius 3 is 2.66 bits per heavy atom. The number of amides is 1. The van der Waals surface area contributed by atoms with Gasteiger partial charge in [0.05, 0.1) is 12.3 Å². The molecule has 2 aromatic heterocycles. The van der Waals surface area contributed by atoms with Crippen LogP contribution in [0.25, 0.3) is 5.69 Å². The molecule has 0 aliphatic rings. The molecule has 0 fully saturated rings. The first-order valence-corrected chi connectivity index (χ1v) is 10.0. The van der Waals surface area contributed by atoms with Gasteiger partial charge in [0.1, 0.15) is 12.1 Å². The number of methoxy groups -OCH3 is 1. The number of H-pyrrole nitrogens is 1. The third kappa shape index (κ3) is 4.59. The molecule has 3 N–H and O–H groups in total. The highest BCUT2D eigenvalue weighted by molar-refractivity contribution is 6.07. The van der Waals surface area contributed by atoms with Gasteiger partial charge in [-0.25, -0.2) is 9.48 Å². The number of nitrogen functional groups attached to an aromatic ring is 1. The van der Waals surface area contributed by atoms with Crippen molar-refractivity contribution in [1.82, 2.24) is 29.8 Å². The Morgan fingerprint density at radius 1 is 1.31 bits per heavy atom. The van der Waals surface area contributed by atoms with E-state index in [0.717, 1.165) is 5.56 Å². The van der Waals surface area contributed by atoms with Crippen molar-refractivity contribution < 1.29 is 9.53 Å². The van der Waals surface area contributed by atoms with Crippen LogP contribution in [0, 0.1) is 12.8 Å². The molecule has 1 aromatic carbocycles. The van der Waals surface area contributed by atoms with Gasteiger partial charge in [-0.05, 0) is 47.0 Å². The van der Waals surface area contributed by atoms with Crippen molar-refractivity contribution in [2.24, 2.45) is 5.92 Å². The fourth-order valence-electron chi connectivity index (χ4n) is 3.36. The Bertz CT molecular complexity index is 1210. The number of nitrogens with zero attached hydrogens (tertiary/aromatic N) is 6. The van der Waals surface area contributed by atoms with Gasteiger partial charge >= 0.3 is 5.69 Å². The number of carbonyl (C=O) groups is 1. The van der Waals surface area contributed by atoms with Crippen LogP contribution in [0.4, 0.5) is 11.5 Å². The van der Waals surface area contributed by atoms with Crippen molar-refractivity contribution in [2.75, 3.05) is 30.9 Å². The predicted molar refractivity (Wildman–Crippen MR) is 118 cm³/mol. The summed E-state index contributed by atoms with van der Waals surface area (Å²) < 4.78 is 7.88. The molecule has 0 spiro atoms. The smallest absolute Gasteiger partial charge is 0.330 e. The number of hydrogen-bond donors (Lipinski definition) is 2. The molecular formula is C20H26N8O4. The summed E-state index contributed by atoms with van der Waals surface area (Å²) in [5, 5.41) is 11.1. The minimum atomic E-state index is -0.737. The van der Waals surface area contributed by atoms with Crippen molar-refractivity contribution in [1.29, 1.82) is 0 Å². The van der Waals surface area contributed by atoms with Gasteiger partial charge in [-0.15, -0.1) is 5.10 Å². The molecule has 12 nitrogen and oxygen atoms in total. The number of aromatic nitrogens is 6. The molecule has 0 saturated heterocycles. The molecule has 0 unspecified atom stereocenters. The molecule has 0 aliphatic carbocycles.